The van der Waals surface area contributed by atoms with E-state index in [9.17, 15) is 9.90 Å². The summed E-state index contributed by atoms with van der Waals surface area (Å²) in [5, 5.41) is 11.5. The van der Waals surface area contributed by atoms with Crippen LogP contribution in [-0.2, 0) is 14.3 Å². The Hall–Kier alpha value is -0.870. The van der Waals surface area contributed by atoms with Crippen LogP contribution in [0.4, 0.5) is 0 Å². The average Bonchev–Trinajstić information content (AvgIpc) is 2.77. The van der Waals surface area contributed by atoms with Crippen LogP contribution in [0.1, 0.15) is 100 Å². The Kier molecular flexibility index (Phi) is 4.59. The van der Waals surface area contributed by atoms with Gasteiger partial charge in [-0.15, -0.1) is 0 Å². The number of rotatable bonds is 0. The number of hydrogen-bond donors (Lipinski definition) is 1. The van der Waals surface area contributed by atoms with Gasteiger partial charge in [0.25, 0.3) is 0 Å². The van der Waals surface area contributed by atoms with Crippen LogP contribution in [0.3, 0.4) is 0 Å². The molecule has 8 atom stereocenters. The van der Waals surface area contributed by atoms with E-state index in [4.69, 9.17) is 9.47 Å². The molecule has 0 spiro atoms. The van der Waals surface area contributed by atoms with Crippen molar-refractivity contribution in [2.75, 3.05) is 0 Å². The van der Waals surface area contributed by atoms with Gasteiger partial charge in [0.05, 0.1) is 17.6 Å². The number of aliphatic hydroxyl groups excluding tert-OH is 1. The van der Waals surface area contributed by atoms with E-state index >= 15 is 0 Å². The maximum atomic E-state index is 12.7. The molecule has 0 bridgehead atoms. The summed E-state index contributed by atoms with van der Waals surface area (Å²) in [6, 6.07) is 0. The van der Waals surface area contributed by atoms with Crippen molar-refractivity contribution in [3.05, 3.63) is 11.6 Å². The minimum absolute atomic E-state index is 0.00774. The normalized spacial score (nSPS) is 53.7. The van der Waals surface area contributed by atoms with Crippen molar-refractivity contribution in [2.45, 2.75) is 118 Å². The number of fused-ring (bicyclic) bond motifs is 6. The Balaban J connectivity index is 1.59. The molecular weight excluding hydrogens is 400 g/mol. The minimum Gasteiger partial charge on any atom is -0.433 e. The zero-order chi connectivity index (χ0) is 23.5. The molecule has 2 heterocycles. The van der Waals surface area contributed by atoms with Crippen LogP contribution < -0.4 is 0 Å². The number of esters is 1. The summed E-state index contributed by atoms with van der Waals surface area (Å²) in [5.74, 6) is -0.641. The Bertz CT molecular complexity index is 873. The molecule has 4 nitrogen and oxygen atoms in total. The second-order valence-corrected chi connectivity index (χ2v) is 14.2. The number of carbonyl (C=O) groups is 1. The molecule has 0 radical (unpaired) electrons. The molecule has 5 rings (SSSR count). The molecule has 0 aromatic carbocycles. The Labute approximate surface area is 194 Å². The average molecular weight is 445 g/mol. The predicted molar refractivity (Wildman–Crippen MR) is 125 cm³/mol. The molecule has 0 aromatic heterocycles. The lowest BCUT2D eigenvalue weighted by molar-refractivity contribution is -0.273. The summed E-state index contributed by atoms with van der Waals surface area (Å²) < 4.78 is 12.6. The van der Waals surface area contributed by atoms with Crippen molar-refractivity contribution in [1.29, 1.82) is 0 Å². The van der Waals surface area contributed by atoms with Crippen LogP contribution in [0.25, 0.3) is 0 Å². The summed E-state index contributed by atoms with van der Waals surface area (Å²) in [6.07, 6.45) is 9.08. The van der Waals surface area contributed by atoms with Gasteiger partial charge >= 0.3 is 5.97 Å². The highest BCUT2D eigenvalue weighted by Gasteiger charge is 2.68. The van der Waals surface area contributed by atoms with Gasteiger partial charge in [0.15, 0.2) is 0 Å². The molecule has 1 N–H and O–H groups in total. The standard InChI is InChI=1S/C28H44O4/c1-23(2)11-12-25(5)13-14-26(6)17(18(25)16-23)15-19(29)21-27(26,7)10-9-20-24(3,4)22(30)32-28(20,8)31-21/h15,18-21,29H,9-14,16H2,1-8H3. The first-order chi connectivity index (χ1) is 14.6. The Morgan fingerprint density at radius 3 is 2.28 bits per heavy atom. The molecule has 0 amide bonds. The first-order valence-corrected chi connectivity index (χ1v) is 12.9. The van der Waals surface area contributed by atoms with Crippen molar-refractivity contribution >= 4 is 5.97 Å². The molecule has 5 aliphatic rings. The molecule has 2 aliphatic heterocycles. The van der Waals surface area contributed by atoms with Gasteiger partial charge in [0.2, 0.25) is 5.79 Å². The third kappa shape index (κ3) is 2.78. The minimum atomic E-state index is -0.971. The van der Waals surface area contributed by atoms with Crippen LogP contribution in [0.2, 0.25) is 0 Å². The molecule has 2 saturated carbocycles. The van der Waals surface area contributed by atoms with Gasteiger partial charge in [-0.05, 0) is 81.0 Å². The Morgan fingerprint density at radius 2 is 1.59 bits per heavy atom. The van der Waals surface area contributed by atoms with Crippen LogP contribution in [0.15, 0.2) is 11.6 Å². The van der Waals surface area contributed by atoms with E-state index in [1.807, 2.05) is 20.8 Å². The van der Waals surface area contributed by atoms with Gasteiger partial charge in [0.1, 0.15) is 0 Å². The topological polar surface area (TPSA) is 55.8 Å². The van der Waals surface area contributed by atoms with Gasteiger partial charge in [-0.25, -0.2) is 0 Å². The van der Waals surface area contributed by atoms with E-state index in [0.717, 1.165) is 19.3 Å². The predicted octanol–water partition coefficient (Wildman–Crippen LogP) is 6.02. The van der Waals surface area contributed by atoms with Gasteiger partial charge in [-0.3, -0.25) is 4.79 Å². The first-order valence-electron chi connectivity index (χ1n) is 12.9. The summed E-state index contributed by atoms with van der Waals surface area (Å²) in [6.45, 7) is 18.0. The lowest BCUT2D eigenvalue weighted by Gasteiger charge is -2.64. The number of aliphatic hydroxyl groups is 1. The van der Waals surface area contributed by atoms with E-state index < -0.39 is 17.3 Å². The molecular formula is C28H44O4. The molecule has 4 fully saturated rings. The van der Waals surface area contributed by atoms with E-state index in [1.54, 1.807) is 0 Å². The van der Waals surface area contributed by atoms with Gasteiger partial charge in [0, 0.05) is 18.3 Å². The first kappa shape index (κ1) is 22.9. The van der Waals surface area contributed by atoms with Crippen molar-refractivity contribution < 1.29 is 19.4 Å². The van der Waals surface area contributed by atoms with Crippen LogP contribution >= 0.6 is 0 Å². The van der Waals surface area contributed by atoms with Crippen molar-refractivity contribution in [1.82, 2.24) is 0 Å². The summed E-state index contributed by atoms with van der Waals surface area (Å²) >= 11 is 0. The molecule has 8 unspecified atom stereocenters. The second-order valence-electron chi connectivity index (χ2n) is 14.2. The number of hydrogen-bond acceptors (Lipinski definition) is 4. The van der Waals surface area contributed by atoms with Crippen molar-refractivity contribution in [2.24, 2.45) is 38.9 Å². The van der Waals surface area contributed by atoms with Crippen molar-refractivity contribution in [3.63, 3.8) is 0 Å². The van der Waals surface area contributed by atoms with Crippen LogP contribution in [0.5, 0.6) is 0 Å². The molecule has 180 valence electrons. The van der Waals surface area contributed by atoms with Crippen LogP contribution in [0, 0.1) is 38.9 Å². The molecule has 2 saturated heterocycles. The summed E-state index contributed by atoms with van der Waals surface area (Å²) in [4.78, 5) is 12.7. The van der Waals surface area contributed by atoms with E-state index in [0.29, 0.717) is 16.7 Å². The fourth-order valence-corrected chi connectivity index (χ4v) is 8.65. The lowest BCUT2D eigenvalue weighted by atomic mass is 9.41. The zero-order valence-electron chi connectivity index (χ0n) is 21.5. The third-order valence-electron chi connectivity index (χ3n) is 11.4. The van der Waals surface area contributed by atoms with Gasteiger partial charge in [-0.2, -0.15) is 0 Å². The molecule has 3 aliphatic carbocycles. The lowest BCUT2D eigenvalue weighted by Crippen LogP contribution is -2.61. The van der Waals surface area contributed by atoms with E-state index in [-0.39, 0.29) is 28.8 Å². The fourth-order valence-electron chi connectivity index (χ4n) is 8.65. The molecule has 0 aromatic rings. The second kappa shape index (κ2) is 6.42. The third-order valence-corrected chi connectivity index (χ3v) is 11.4. The van der Waals surface area contributed by atoms with Gasteiger partial charge < -0.3 is 14.6 Å². The SMILES string of the molecule is CC1(C)CCC2(C)CCC3(C)C(=CC(O)C4OC5(C)OC(=O)C(C)(C)C5CCC43C)C2C1. The fraction of sp³-hybridized carbons (Fsp3) is 0.893. The van der Waals surface area contributed by atoms with E-state index in [2.05, 4.69) is 40.7 Å². The highest BCUT2D eigenvalue weighted by Crippen LogP contribution is 2.70. The van der Waals surface area contributed by atoms with Crippen molar-refractivity contribution in [3.8, 4) is 0 Å². The number of allylic oxidation sites excluding steroid dienone is 1. The summed E-state index contributed by atoms with van der Waals surface area (Å²) in [5.41, 5.74) is 1.37. The maximum absolute atomic E-state index is 12.7. The number of carbonyl (C=O) groups excluding carboxylic acids is 1. The highest BCUT2D eigenvalue weighted by molar-refractivity contribution is 5.79. The number of ether oxygens (including phenoxy) is 2. The largest absolute Gasteiger partial charge is 0.433 e. The summed E-state index contributed by atoms with van der Waals surface area (Å²) in [7, 11) is 0. The molecule has 4 heteroatoms. The maximum Gasteiger partial charge on any atom is 0.314 e. The highest BCUT2D eigenvalue weighted by atomic mass is 16.7. The Morgan fingerprint density at radius 1 is 0.938 bits per heavy atom. The van der Waals surface area contributed by atoms with Gasteiger partial charge in [-0.1, -0.05) is 46.3 Å². The quantitative estimate of drug-likeness (QED) is 0.367. The smallest absolute Gasteiger partial charge is 0.314 e. The van der Waals surface area contributed by atoms with Crippen LogP contribution in [-0.4, -0.2) is 29.1 Å². The molecule has 32 heavy (non-hydrogen) atoms. The zero-order valence-corrected chi connectivity index (χ0v) is 21.5. The van der Waals surface area contributed by atoms with E-state index in [1.165, 1.54) is 31.3 Å². The monoisotopic (exact) mass is 444 g/mol.